The lowest BCUT2D eigenvalue weighted by Crippen LogP contribution is -2.36. The maximum absolute atomic E-state index is 12.9. The van der Waals surface area contributed by atoms with Gasteiger partial charge in [0.05, 0.1) is 31.3 Å². The Morgan fingerprint density at radius 2 is 1.82 bits per heavy atom. The lowest BCUT2D eigenvalue weighted by Gasteiger charge is -2.28. The molecule has 0 aliphatic carbocycles. The minimum absolute atomic E-state index is 0.250. The van der Waals surface area contributed by atoms with Gasteiger partial charge in [-0.05, 0) is 73.1 Å². The van der Waals surface area contributed by atoms with Crippen molar-refractivity contribution in [2.24, 2.45) is 0 Å². The maximum atomic E-state index is 12.9. The van der Waals surface area contributed by atoms with E-state index in [0.717, 1.165) is 48.3 Å². The highest BCUT2D eigenvalue weighted by atomic mass is 32.2. The molecule has 0 atom stereocenters. The van der Waals surface area contributed by atoms with Crippen molar-refractivity contribution in [3.8, 4) is 11.5 Å². The largest absolute Gasteiger partial charge is 0.490 e. The van der Waals surface area contributed by atoms with Crippen molar-refractivity contribution in [2.75, 3.05) is 56.3 Å². The fourth-order valence-corrected chi connectivity index (χ4v) is 4.88. The van der Waals surface area contributed by atoms with Crippen LogP contribution in [0.5, 0.6) is 11.5 Å². The lowest BCUT2D eigenvalue weighted by atomic mass is 10.2. The van der Waals surface area contributed by atoms with E-state index in [1.54, 1.807) is 18.2 Å². The van der Waals surface area contributed by atoms with Crippen LogP contribution in [0, 0.1) is 0 Å². The first-order chi connectivity index (χ1) is 18.5. The molecule has 0 spiro atoms. The van der Waals surface area contributed by atoms with E-state index in [1.165, 1.54) is 0 Å². The molecule has 2 aliphatic heterocycles. The number of imide groups is 1. The van der Waals surface area contributed by atoms with Gasteiger partial charge in [0.25, 0.3) is 11.1 Å². The third-order valence-electron chi connectivity index (χ3n) is 6.02. The van der Waals surface area contributed by atoms with Crippen LogP contribution in [0.2, 0.25) is 0 Å². The Kier molecular flexibility index (Phi) is 9.67. The number of benzene rings is 2. The third-order valence-corrected chi connectivity index (χ3v) is 6.93. The van der Waals surface area contributed by atoms with Gasteiger partial charge >= 0.3 is 0 Å². The van der Waals surface area contributed by atoms with Crippen LogP contribution in [0.4, 0.5) is 16.2 Å². The molecule has 2 aromatic carbocycles. The number of ether oxygens (including phenoxy) is 3. The van der Waals surface area contributed by atoms with Crippen molar-refractivity contribution < 1.29 is 28.6 Å². The van der Waals surface area contributed by atoms with Crippen LogP contribution >= 0.6 is 11.8 Å². The maximum Gasteiger partial charge on any atom is 0.294 e. The van der Waals surface area contributed by atoms with Gasteiger partial charge in [-0.1, -0.05) is 19.4 Å². The average Bonchev–Trinajstić information content (AvgIpc) is 3.18. The summed E-state index contributed by atoms with van der Waals surface area (Å²) < 4.78 is 16.9. The van der Waals surface area contributed by atoms with E-state index in [4.69, 9.17) is 14.2 Å². The van der Waals surface area contributed by atoms with Gasteiger partial charge in [-0.2, -0.15) is 0 Å². The number of hydrogen-bond acceptors (Lipinski definition) is 8. The number of nitrogens with one attached hydrogen (secondary N) is 1. The summed E-state index contributed by atoms with van der Waals surface area (Å²) in [4.78, 5) is 41.5. The van der Waals surface area contributed by atoms with Gasteiger partial charge in [0.2, 0.25) is 5.91 Å². The van der Waals surface area contributed by atoms with Gasteiger partial charge in [0.1, 0.15) is 6.54 Å². The number of unbranched alkanes of at least 4 members (excludes halogenated alkanes) is 1. The van der Waals surface area contributed by atoms with Crippen molar-refractivity contribution in [3.05, 3.63) is 52.9 Å². The molecule has 1 N–H and O–H groups in total. The average molecular weight is 540 g/mol. The number of anilines is 2. The van der Waals surface area contributed by atoms with Crippen LogP contribution in [0.25, 0.3) is 6.08 Å². The molecule has 2 aliphatic rings. The zero-order chi connectivity index (χ0) is 26.9. The van der Waals surface area contributed by atoms with Crippen LogP contribution in [0.1, 0.15) is 32.3 Å². The normalized spacial score (nSPS) is 16.7. The predicted octanol–water partition coefficient (Wildman–Crippen LogP) is 4.78. The first-order valence-corrected chi connectivity index (χ1v) is 13.7. The van der Waals surface area contributed by atoms with Crippen LogP contribution in [-0.2, 0) is 14.3 Å². The Balaban J connectivity index is 1.37. The quantitative estimate of drug-likeness (QED) is 0.322. The monoisotopic (exact) mass is 539 g/mol. The summed E-state index contributed by atoms with van der Waals surface area (Å²) >= 11 is 0.814. The van der Waals surface area contributed by atoms with Gasteiger partial charge in [-0.3, -0.25) is 19.3 Å². The number of thioether (sulfide) groups is 1. The molecule has 38 heavy (non-hydrogen) atoms. The summed E-state index contributed by atoms with van der Waals surface area (Å²) in [5, 5.41) is 2.28. The summed E-state index contributed by atoms with van der Waals surface area (Å²) in [5.41, 5.74) is 2.35. The molecule has 0 bridgehead atoms. The highest BCUT2D eigenvalue weighted by Gasteiger charge is 2.36. The standard InChI is InChI=1S/C28H33N3O6S/c1-3-5-14-37-23-11-6-20(17-24(23)36-4-2)18-25-27(33)31(28(34)38-25)19-26(32)29-21-7-9-22(10-8-21)30-12-15-35-16-13-30/h6-11,17-18H,3-5,12-16,19H2,1-2H3,(H,29,32)/b25-18-. The molecule has 2 aromatic rings. The highest BCUT2D eigenvalue weighted by Crippen LogP contribution is 2.35. The fraction of sp³-hybridized carbons (Fsp3) is 0.393. The number of nitrogens with zero attached hydrogens (tertiary/aromatic N) is 2. The molecular weight excluding hydrogens is 506 g/mol. The van der Waals surface area contributed by atoms with E-state index in [0.29, 0.717) is 49.2 Å². The number of amides is 3. The molecule has 3 amide bonds. The third kappa shape index (κ3) is 7.08. The Bertz CT molecular complexity index is 1180. The minimum atomic E-state index is -0.501. The molecule has 0 aromatic heterocycles. The zero-order valence-electron chi connectivity index (χ0n) is 21.7. The molecule has 0 unspecified atom stereocenters. The molecule has 9 nitrogen and oxygen atoms in total. The van der Waals surface area contributed by atoms with Crippen LogP contribution in [0.15, 0.2) is 47.4 Å². The molecular formula is C28H33N3O6S. The molecule has 0 saturated carbocycles. The lowest BCUT2D eigenvalue weighted by molar-refractivity contribution is -0.127. The van der Waals surface area contributed by atoms with Crippen molar-refractivity contribution in [3.63, 3.8) is 0 Å². The topological polar surface area (TPSA) is 97.4 Å². The number of carbonyl (C=O) groups excluding carboxylic acids is 3. The Hall–Kier alpha value is -3.50. The number of hydrogen-bond donors (Lipinski definition) is 1. The van der Waals surface area contributed by atoms with Crippen molar-refractivity contribution in [2.45, 2.75) is 26.7 Å². The van der Waals surface area contributed by atoms with E-state index >= 15 is 0 Å². The summed E-state index contributed by atoms with van der Waals surface area (Å²) in [6.45, 7) is 7.71. The van der Waals surface area contributed by atoms with Crippen molar-refractivity contribution in [1.82, 2.24) is 4.90 Å². The van der Waals surface area contributed by atoms with E-state index in [1.807, 2.05) is 37.3 Å². The smallest absolute Gasteiger partial charge is 0.294 e. The van der Waals surface area contributed by atoms with E-state index in [-0.39, 0.29) is 11.4 Å². The van der Waals surface area contributed by atoms with Gasteiger partial charge in [0.15, 0.2) is 11.5 Å². The number of morpholine rings is 1. The van der Waals surface area contributed by atoms with Crippen molar-refractivity contribution >= 4 is 46.3 Å². The van der Waals surface area contributed by atoms with E-state index in [2.05, 4.69) is 17.1 Å². The second-order valence-electron chi connectivity index (χ2n) is 8.80. The first kappa shape index (κ1) is 27.5. The predicted molar refractivity (Wildman–Crippen MR) is 149 cm³/mol. The second-order valence-corrected chi connectivity index (χ2v) is 9.80. The van der Waals surface area contributed by atoms with E-state index in [9.17, 15) is 14.4 Å². The summed E-state index contributed by atoms with van der Waals surface area (Å²) in [5.74, 6) is 0.273. The SMILES string of the molecule is CCCCOc1ccc(/C=C2\SC(=O)N(CC(=O)Nc3ccc(N4CCOCC4)cc3)C2=O)cc1OCC. The Labute approximate surface area is 227 Å². The van der Waals surface area contributed by atoms with Gasteiger partial charge < -0.3 is 24.4 Å². The molecule has 4 rings (SSSR count). The second kappa shape index (κ2) is 13.3. The summed E-state index contributed by atoms with van der Waals surface area (Å²) in [7, 11) is 0. The first-order valence-electron chi connectivity index (χ1n) is 12.9. The molecule has 2 fully saturated rings. The molecule has 2 heterocycles. The highest BCUT2D eigenvalue weighted by molar-refractivity contribution is 8.18. The molecule has 2 saturated heterocycles. The summed E-state index contributed by atoms with van der Waals surface area (Å²) in [6.07, 6.45) is 3.59. The number of carbonyl (C=O) groups is 3. The van der Waals surface area contributed by atoms with Crippen molar-refractivity contribution in [1.29, 1.82) is 0 Å². The molecule has 0 radical (unpaired) electrons. The molecule has 202 valence electrons. The minimum Gasteiger partial charge on any atom is -0.490 e. The van der Waals surface area contributed by atoms with Crippen LogP contribution in [0.3, 0.4) is 0 Å². The zero-order valence-corrected chi connectivity index (χ0v) is 22.6. The summed E-state index contributed by atoms with van der Waals surface area (Å²) in [6, 6.07) is 12.9. The Morgan fingerprint density at radius 1 is 1.05 bits per heavy atom. The fourth-order valence-electron chi connectivity index (χ4n) is 4.04. The van der Waals surface area contributed by atoms with Crippen LogP contribution in [-0.4, -0.2) is 68.0 Å². The molecule has 10 heteroatoms. The Morgan fingerprint density at radius 3 is 2.53 bits per heavy atom. The van der Waals surface area contributed by atoms with Gasteiger partial charge in [0, 0.05) is 24.5 Å². The van der Waals surface area contributed by atoms with Crippen LogP contribution < -0.4 is 19.7 Å². The van der Waals surface area contributed by atoms with Gasteiger partial charge in [-0.25, -0.2) is 0 Å². The van der Waals surface area contributed by atoms with Gasteiger partial charge in [-0.15, -0.1) is 0 Å². The number of rotatable bonds is 11. The van der Waals surface area contributed by atoms with E-state index < -0.39 is 17.1 Å².